The van der Waals surface area contributed by atoms with Gasteiger partial charge in [-0.15, -0.1) is 24.0 Å². The molecule has 1 fully saturated rings. The minimum atomic E-state index is -3.12. The molecular formula is C12H26IN3O3S. The highest BCUT2D eigenvalue weighted by Gasteiger charge is 2.28. The van der Waals surface area contributed by atoms with Crippen molar-refractivity contribution in [2.24, 2.45) is 10.7 Å². The first-order chi connectivity index (χ1) is 8.72. The highest BCUT2D eigenvalue weighted by atomic mass is 127. The standard InChI is InChI=1S/C12H25N3O3S.HI/c1-12(2,3)19(16,17)8-6-14-11(13)15-9-10-5-4-7-18-10;/h10H,4-9H2,1-3H3,(H3,13,14,15);1H. The van der Waals surface area contributed by atoms with E-state index in [2.05, 4.69) is 10.3 Å². The van der Waals surface area contributed by atoms with Gasteiger partial charge >= 0.3 is 0 Å². The van der Waals surface area contributed by atoms with Gasteiger partial charge in [-0.25, -0.2) is 8.42 Å². The summed E-state index contributed by atoms with van der Waals surface area (Å²) in [7, 11) is -3.12. The Bertz CT molecular complexity index is 412. The Hall–Kier alpha value is -0.0900. The summed E-state index contributed by atoms with van der Waals surface area (Å²) in [6.07, 6.45) is 2.23. The molecule has 1 heterocycles. The Morgan fingerprint density at radius 2 is 2.10 bits per heavy atom. The van der Waals surface area contributed by atoms with E-state index in [4.69, 9.17) is 10.5 Å². The first-order valence-corrected chi connectivity index (χ1v) is 8.25. The monoisotopic (exact) mass is 419 g/mol. The molecule has 0 saturated carbocycles. The Balaban J connectivity index is 0.00000361. The molecule has 1 unspecified atom stereocenters. The summed E-state index contributed by atoms with van der Waals surface area (Å²) < 4.78 is 28.4. The highest BCUT2D eigenvalue weighted by Crippen LogP contribution is 2.15. The fourth-order valence-corrected chi connectivity index (χ4v) is 2.65. The number of sulfone groups is 1. The van der Waals surface area contributed by atoms with Crippen molar-refractivity contribution in [2.45, 2.75) is 44.5 Å². The molecule has 6 nitrogen and oxygen atoms in total. The van der Waals surface area contributed by atoms with Crippen molar-refractivity contribution < 1.29 is 13.2 Å². The van der Waals surface area contributed by atoms with Gasteiger partial charge in [0.15, 0.2) is 15.8 Å². The van der Waals surface area contributed by atoms with Crippen molar-refractivity contribution in [3.05, 3.63) is 0 Å². The molecule has 20 heavy (non-hydrogen) atoms. The Kier molecular flexibility index (Phi) is 8.34. The van der Waals surface area contributed by atoms with Crippen LogP contribution in [0.2, 0.25) is 0 Å². The molecule has 1 atom stereocenters. The number of nitrogens with one attached hydrogen (secondary N) is 1. The van der Waals surface area contributed by atoms with Gasteiger partial charge in [-0.05, 0) is 33.6 Å². The third-order valence-corrected chi connectivity index (χ3v) is 5.71. The van der Waals surface area contributed by atoms with Crippen LogP contribution in [0.25, 0.3) is 0 Å². The van der Waals surface area contributed by atoms with Crippen LogP contribution in [0.15, 0.2) is 4.99 Å². The van der Waals surface area contributed by atoms with Gasteiger partial charge in [0, 0.05) is 13.2 Å². The van der Waals surface area contributed by atoms with E-state index in [0.717, 1.165) is 19.4 Å². The fraction of sp³-hybridized carbons (Fsp3) is 0.917. The molecule has 0 aromatic carbocycles. The third kappa shape index (κ3) is 6.57. The molecule has 0 radical (unpaired) electrons. The van der Waals surface area contributed by atoms with Gasteiger partial charge in [-0.2, -0.15) is 0 Å². The molecule has 120 valence electrons. The largest absolute Gasteiger partial charge is 0.376 e. The van der Waals surface area contributed by atoms with E-state index < -0.39 is 14.6 Å². The molecule has 0 aromatic rings. The molecule has 8 heteroatoms. The van der Waals surface area contributed by atoms with Crippen LogP contribution < -0.4 is 11.1 Å². The maximum atomic E-state index is 11.9. The molecule has 0 spiro atoms. The van der Waals surface area contributed by atoms with Crippen LogP contribution in [-0.4, -0.2) is 50.7 Å². The van der Waals surface area contributed by atoms with E-state index in [1.165, 1.54) is 0 Å². The van der Waals surface area contributed by atoms with Gasteiger partial charge in [-0.1, -0.05) is 0 Å². The van der Waals surface area contributed by atoms with E-state index in [-0.39, 0.29) is 48.3 Å². The molecule has 1 saturated heterocycles. The Morgan fingerprint density at radius 3 is 2.60 bits per heavy atom. The summed E-state index contributed by atoms with van der Waals surface area (Å²) in [5.41, 5.74) is 5.68. The van der Waals surface area contributed by atoms with Crippen LogP contribution in [0.4, 0.5) is 0 Å². The van der Waals surface area contributed by atoms with Crippen molar-refractivity contribution in [1.82, 2.24) is 5.32 Å². The minimum Gasteiger partial charge on any atom is -0.376 e. The molecule has 1 aliphatic heterocycles. The average Bonchev–Trinajstić information content (AvgIpc) is 2.77. The summed E-state index contributed by atoms with van der Waals surface area (Å²) in [5, 5.41) is 2.83. The smallest absolute Gasteiger partial charge is 0.188 e. The predicted molar refractivity (Wildman–Crippen MR) is 92.4 cm³/mol. The number of nitrogens with zero attached hydrogens (tertiary/aromatic N) is 1. The number of nitrogens with two attached hydrogens (primary N) is 1. The predicted octanol–water partition coefficient (Wildman–Crippen LogP) is 0.901. The molecule has 0 amide bonds. The first kappa shape index (κ1) is 19.9. The molecule has 0 aliphatic carbocycles. The van der Waals surface area contributed by atoms with Gasteiger partial charge in [0.2, 0.25) is 0 Å². The second-order valence-electron chi connectivity index (χ2n) is 5.72. The first-order valence-electron chi connectivity index (χ1n) is 6.60. The minimum absolute atomic E-state index is 0. The zero-order chi connectivity index (χ0) is 14.5. The lowest BCUT2D eigenvalue weighted by Gasteiger charge is -2.19. The number of rotatable bonds is 5. The second kappa shape index (κ2) is 8.38. The average molecular weight is 419 g/mol. The number of halogens is 1. The van der Waals surface area contributed by atoms with Crippen molar-refractivity contribution in [3.8, 4) is 0 Å². The normalized spacial score (nSPS) is 20.6. The quantitative estimate of drug-likeness (QED) is 0.393. The van der Waals surface area contributed by atoms with Gasteiger partial charge in [-0.3, -0.25) is 4.99 Å². The van der Waals surface area contributed by atoms with Crippen LogP contribution in [0, 0.1) is 0 Å². The van der Waals surface area contributed by atoms with Gasteiger partial charge < -0.3 is 15.8 Å². The highest BCUT2D eigenvalue weighted by molar-refractivity contribution is 14.0. The fourth-order valence-electron chi connectivity index (χ4n) is 1.66. The molecule has 1 rings (SSSR count). The lowest BCUT2D eigenvalue weighted by molar-refractivity contribution is 0.118. The maximum absolute atomic E-state index is 11.9. The summed E-state index contributed by atoms with van der Waals surface area (Å²) >= 11 is 0. The van der Waals surface area contributed by atoms with Gasteiger partial charge in [0.05, 0.1) is 23.1 Å². The van der Waals surface area contributed by atoms with Crippen LogP contribution in [0.3, 0.4) is 0 Å². The number of hydrogen-bond donors (Lipinski definition) is 2. The van der Waals surface area contributed by atoms with Crippen molar-refractivity contribution >= 4 is 39.8 Å². The van der Waals surface area contributed by atoms with Crippen LogP contribution in [0.1, 0.15) is 33.6 Å². The van der Waals surface area contributed by atoms with Crippen molar-refractivity contribution in [1.29, 1.82) is 0 Å². The van der Waals surface area contributed by atoms with Crippen LogP contribution >= 0.6 is 24.0 Å². The van der Waals surface area contributed by atoms with E-state index in [1.807, 2.05) is 0 Å². The number of hydrogen-bond acceptors (Lipinski definition) is 4. The van der Waals surface area contributed by atoms with Crippen LogP contribution in [0.5, 0.6) is 0 Å². The molecule has 1 aliphatic rings. The molecule has 3 N–H and O–H groups in total. The third-order valence-electron chi connectivity index (χ3n) is 3.10. The van der Waals surface area contributed by atoms with Gasteiger partial charge in [0.25, 0.3) is 0 Å². The SMILES string of the molecule is CC(C)(C)S(=O)(=O)CCNC(N)=NCC1CCCO1.I. The second-order valence-corrected chi connectivity index (χ2v) is 8.58. The summed E-state index contributed by atoms with van der Waals surface area (Å²) in [6.45, 7) is 6.67. The van der Waals surface area contributed by atoms with E-state index in [1.54, 1.807) is 20.8 Å². The molecular weight excluding hydrogens is 393 g/mol. The lowest BCUT2D eigenvalue weighted by Crippen LogP contribution is -2.39. The van der Waals surface area contributed by atoms with Crippen molar-refractivity contribution in [2.75, 3.05) is 25.4 Å². The Labute approximate surface area is 138 Å². The zero-order valence-electron chi connectivity index (χ0n) is 12.4. The van der Waals surface area contributed by atoms with Gasteiger partial charge in [0.1, 0.15) is 0 Å². The lowest BCUT2D eigenvalue weighted by atomic mass is 10.2. The summed E-state index contributed by atoms with van der Waals surface area (Å²) in [6, 6.07) is 0. The molecule has 0 aromatic heterocycles. The number of aliphatic imine (C=N–C) groups is 1. The Morgan fingerprint density at radius 1 is 1.45 bits per heavy atom. The molecule has 0 bridgehead atoms. The van der Waals surface area contributed by atoms with E-state index >= 15 is 0 Å². The maximum Gasteiger partial charge on any atom is 0.188 e. The summed E-state index contributed by atoms with van der Waals surface area (Å²) in [5.74, 6) is 0.326. The van der Waals surface area contributed by atoms with Crippen LogP contribution in [-0.2, 0) is 14.6 Å². The zero-order valence-corrected chi connectivity index (χ0v) is 15.5. The summed E-state index contributed by atoms with van der Waals surface area (Å²) in [4.78, 5) is 4.15. The topological polar surface area (TPSA) is 93.8 Å². The number of ether oxygens (including phenoxy) is 1. The van der Waals surface area contributed by atoms with Crippen molar-refractivity contribution in [3.63, 3.8) is 0 Å². The van der Waals surface area contributed by atoms with E-state index in [0.29, 0.717) is 6.54 Å². The van der Waals surface area contributed by atoms with E-state index in [9.17, 15) is 8.42 Å². The number of guanidine groups is 1.